The second-order valence-electron chi connectivity index (χ2n) is 6.25. The molecule has 1 aliphatic heterocycles. The highest BCUT2D eigenvalue weighted by molar-refractivity contribution is 5.87. The smallest absolute Gasteiger partial charge is 0.335 e. The van der Waals surface area contributed by atoms with Crippen molar-refractivity contribution in [2.75, 3.05) is 24.5 Å². The van der Waals surface area contributed by atoms with Gasteiger partial charge >= 0.3 is 5.97 Å². The Bertz CT molecular complexity index is 735. The van der Waals surface area contributed by atoms with Crippen molar-refractivity contribution < 1.29 is 14.3 Å². The molecule has 0 amide bonds. The monoisotopic (exact) mass is 328 g/mol. The third-order valence-electron chi connectivity index (χ3n) is 4.50. The Hall–Kier alpha value is -2.40. The predicted molar refractivity (Wildman–Crippen MR) is 91.9 cm³/mol. The summed E-state index contributed by atoms with van der Waals surface area (Å²) in [7, 11) is 0. The van der Waals surface area contributed by atoms with E-state index >= 15 is 0 Å². The molecule has 1 unspecified atom stereocenters. The normalized spacial score (nSPS) is 18.6. The lowest BCUT2D eigenvalue weighted by Crippen LogP contribution is -2.51. The molecule has 1 saturated heterocycles. The maximum absolute atomic E-state index is 13.4. The quantitative estimate of drug-likeness (QED) is 0.936. The number of rotatable bonds is 4. The Kier molecular flexibility index (Phi) is 4.81. The van der Waals surface area contributed by atoms with E-state index in [-0.39, 0.29) is 5.82 Å². The zero-order valence-electron chi connectivity index (χ0n) is 13.7. The molecule has 2 aromatic rings. The number of nitrogens with zero attached hydrogens (tertiary/aromatic N) is 2. The summed E-state index contributed by atoms with van der Waals surface area (Å²) in [6.07, 6.45) is 0. The van der Waals surface area contributed by atoms with Crippen LogP contribution in [0.15, 0.2) is 48.5 Å². The lowest BCUT2D eigenvalue weighted by Gasteiger charge is -2.41. The minimum Gasteiger partial charge on any atom is -0.478 e. The number of hydrogen-bond donors (Lipinski definition) is 1. The van der Waals surface area contributed by atoms with Crippen molar-refractivity contribution in [3.63, 3.8) is 0 Å². The lowest BCUT2D eigenvalue weighted by atomic mass is 10.1. The van der Waals surface area contributed by atoms with E-state index in [0.717, 1.165) is 37.4 Å². The van der Waals surface area contributed by atoms with E-state index in [1.165, 1.54) is 6.07 Å². The lowest BCUT2D eigenvalue weighted by molar-refractivity contribution is 0.0696. The van der Waals surface area contributed by atoms with Gasteiger partial charge in [-0.15, -0.1) is 0 Å². The summed E-state index contributed by atoms with van der Waals surface area (Å²) in [6, 6.07) is 14.1. The maximum Gasteiger partial charge on any atom is 0.335 e. The first-order valence-electron chi connectivity index (χ1n) is 8.10. The van der Waals surface area contributed by atoms with E-state index in [1.54, 1.807) is 30.3 Å². The summed E-state index contributed by atoms with van der Waals surface area (Å²) in [4.78, 5) is 15.6. The average molecular weight is 328 g/mol. The van der Waals surface area contributed by atoms with Gasteiger partial charge in [0.2, 0.25) is 0 Å². The molecule has 0 bridgehead atoms. The number of carboxylic acids is 1. The van der Waals surface area contributed by atoms with Crippen LogP contribution in [0, 0.1) is 5.82 Å². The van der Waals surface area contributed by atoms with Crippen LogP contribution < -0.4 is 4.90 Å². The Labute approximate surface area is 141 Å². The summed E-state index contributed by atoms with van der Waals surface area (Å²) in [5.41, 5.74) is 2.23. The zero-order valence-corrected chi connectivity index (χ0v) is 13.7. The predicted octanol–water partition coefficient (Wildman–Crippen LogP) is 3.23. The summed E-state index contributed by atoms with van der Waals surface area (Å²) in [6.45, 7) is 5.37. The van der Waals surface area contributed by atoms with Crippen LogP contribution in [0.2, 0.25) is 0 Å². The molecule has 1 atom stereocenters. The zero-order chi connectivity index (χ0) is 17.1. The summed E-state index contributed by atoms with van der Waals surface area (Å²) in [5.74, 6) is -1.12. The molecule has 0 spiro atoms. The molecule has 0 aromatic heterocycles. The molecule has 1 heterocycles. The van der Waals surface area contributed by atoms with Gasteiger partial charge in [-0.3, -0.25) is 4.90 Å². The van der Waals surface area contributed by atoms with Gasteiger partial charge in [-0.1, -0.05) is 18.2 Å². The second kappa shape index (κ2) is 7.01. The van der Waals surface area contributed by atoms with Crippen molar-refractivity contribution in [3.05, 3.63) is 65.5 Å². The van der Waals surface area contributed by atoms with E-state index in [4.69, 9.17) is 5.11 Å². The van der Waals surface area contributed by atoms with Gasteiger partial charge in [0.15, 0.2) is 0 Å². The van der Waals surface area contributed by atoms with Gasteiger partial charge < -0.3 is 10.0 Å². The molecule has 5 heteroatoms. The molecule has 24 heavy (non-hydrogen) atoms. The largest absolute Gasteiger partial charge is 0.478 e. The van der Waals surface area contributed by atoms with Crippen molar-refractivity contribution in [1.29, 1.82) is 0 Å². The van der Waals surface area contributed by atoms with Crippen LogP contribution in [0.3, 0.4) is 0 Å². The molecule has 3 rings (SSSR count). The molecule has 0 aliphatic carbocycles. The Morgan fingerprint density at radius 3 is 2.71 bits per heavy atom. The Morgan fingerprint density at radius 2 is 2.00 bits per heavy atom. The number of carbonyl (C=O) groups is 1. The molecular formula is C19H21FN2O2. The van der Waals surface area contributed by atoms with Crippen LogP contribution in [-0.4, -0.2) is 41.7 Å². The highest BCUT2D eigenvalue weighted by Gasteiger charge is 2.24. The van der Waals surface area contributed by atoms with Crippen molar-refractivity contribution in [2.45, 2.75) is 19.5 Å². The first-order chi connectivity index (χ1) is 11.5. The van der Waals surface area contributed by atoms with Crippen LogP contribution in [0.1, 0.15) is 22.8 Å². The van der Waals surface area contributed by atoms with Crippen LogP contribution >= 0.6 is 0 Å². The first kappa shape index (κ1) is 16.5. The summed E-state index contributed by atoms with van der Waals surface area (Å²) in [5, 5.41) is 9.10. The number of benzene rings is 2. The number of hydrogen-bond acceptors (Lipinski definition) is 3. The fourth-order valence-electron chi connectivity index (χ4n) is 3.17. The highest BCUT2D eigenvalue weighted by atomic mass is 19.1. The van der Waals surface area contributed by atoms with Crippen LogP contribution in [0.5, 0.6) is 0 Å². The average Bonchev–Trinajstić information content (AvgIpc) is 2.57. The van der Waals surface area contributed by atoms with E-state index in [2.05, 4.69) is 16.7 Å². The molecule has 1 aliphatic rings. The number of piperazine rings is 1. The molecule has 4 nitrogen and oxygen atoms in total. The number of aromatic carboxylic acids is 1. The third kappa shape index (κ3) is 3.74. The van der Waals surface area contributed by atoms with Crippen LogP contribution in [0.25, 0.3) is 0 Å². The molecule has 1 fully saturated rings. The van der Waals surface area contributed by atoms with Gasteiger partial charge in [0.05, 0.1) is 5.56 Å². The minimum absolute atomic E-state index is 0.215. The number of anilines is 1. The van der Waals surface area contributed by atoms with Crippen LogP contribution in [-0.2, 0) is 6.54 Å². The fourth-order valence-corrected chi connectivity index (χ4v) is 3.17. The molecule has 126 valence electrons. The molecule has 1 N–H and O–H groups in total. The van der Waals surface area contributed by atoms with Crippen molar-refractivity contribution in [1.82, 2.24) is 4.90 Å². The SMILES string of the molecule is CC1CN(c2cccc(F)c2)CCN1Cc1cccc(C(=O)O)c1. The summed E-state index contributed by atoms with van der Waals surface area (Å²) >= 11 is 0. The van der Waals surface area contributed by atoms with E-state index < -0.39 is 5.97 Å². The molecular weight excluding hydrogens is 307 g/mol. The minimum atomic E-state index is -0.902. The van der Waals surface area contributed by atoms with E-state index in [9.17, 15) is 9.18 Å². The second-order valence-corrected chi connectivity index (χ2v) is 6.25. The van der Waals surface area contributed by atoms with Gasteiger partial charge in [0.1, 0.15) is 5.82 Å². The molecule has 0 radical (unpaired) electrons. The topological polar surface area (TPSA) is 43.8 Å². The maximum atomic E-state index is 13.4. The van der Waals surface area contributed by atoms with E-state index in [0.29, 0.717) is 11.6 Å². The van der Waals surface area contributed by atoms with Crippen LogP contribution in [0.4, 0.5) is 10.1 Å². The Balaban J connectivity index is 1.66. The Morgan fingerprint density at radius 1 is 1.21 bits per heavy atom. The summed E-state index contributed by atoms with van der Waals surface area (Å²) < 4.78 is 13.4. The van der Waals surface area contributed by atoms with Gasteiger partial charge in [0, 0.05) is 37.9 Å². The van der Waals surface area contributed by atoms with Crippen molar-refractivity contribution in [2.24, 2.45) is 0 Å². The van der Waals surface area contributed by atoms with Gasteiger partial charge in [0.25, 0.3) is 0 Å². The number of halogens is 1. The third-order valence-corrected chi connectivity index (χ3v) is 4.50. The standard InChI is InChI=1S/C19H21FN2O2/c1-14-12-22(18-7-3-6-17(20)11-18)9-8-21(14)13-15-4-2-5-16(10-15)19(23)24/h2-7,10-11,14H,8-9,12-13H2,1H3,(H,23,24). The molecule has 2 aromatic carbocycles. The van der Waals surface area contributed by atoms with Gasteiger partial charge in [-0.25, -0.2) is 9.18 Å². The van der Waals surface area contributed by atoms with Crippen molar-refractivity contribution >= 4 is 11.7 Å². The molecule has 0 saturated carbocycles. The van der Waals surface area contributed by atoms with Gasteiger partial charge in [-0.05, 0) is 42.8 Å². The van der Waals surface area contributed by atoms with E-state index in [1.807, 2.05) is 12.1 Å². The highest BCUT2D eigenvalue weighted by Crippen LogP contribution is 2.21. The first-order valence-corrected chi connectivity index (χ1v) is 8.10. The number of carboxylic acid groups (broad SMARTS) is 1. The fraction of sp³-hybridized carbons (Fsp3) is 0.316. The van der Waals surface area contributed by atoms with Gasteiger partial charge in [-0.2, -0.15) is 0 Å². The van der Waals surface area contributed by atoms with Crippen molar-refractivity contribution in [3.8, 4) is 0 Å².